The van der Waals surface area contributed by atoms with Crippen LogP contribution >= 0.6 is 0 Å². The Hall–Kier alpha value is -1.07. The zero-order valence-electron chi connectivity index (χ0n) is 10.9. The van der Waals surface area contributed by atoms with Crippen molar-refractivity contribution in [2.45, 2.75) is 37.1 Å². The molecule has 0 bridgehead atoms. The van der Waals surface area contributed by atoms with Crippen LogP contribution in [0.4, 0.5) is 5.69 Å². The van der Waals surface area contributed by atoms with E-state index in [1.165, 1.54) is 4.31 Å². The number of hydrogen-bond acceptors (Lipinski definition) is 3. The predicted molar refractivity (Wildman–Crippen MR) is 73.2 cm³/mol. The van der Waals surface area contributed by atoms with Gasteiger partial charge in [0.05, 0.1) is 4.90 Å². The second-order valence-corrected chi connectivity index (χ2v) is 6.66. The molecule has 0 aliphatic heterocycles. The molecule has 1 saturated carbocycles. The van der Waals surface area contributed by atoms with Gasteiger partial charge in [-0.1, -0.05) is 6.42 Å². The fourth-order valence-electron chi connectivity index (χ4n) is 2.06. The predicted octanol–water partition coefficient (Wildman–Crippen LogP) is 2.29. The van der Waals surface area contributed by atoms with Crippen molar-refractivity contribution in [3.63, 3.8) is 0 Å². The lowest BCUT2D eigenvalue weighted by Crippen LogP contribution is -2.41. The molecule has 1 aliphatic carbocycles. The molecular weight excluding hydrogens is 248 g/mol. The molecule has 0 amide bonds. The van der Waals surface area contributed by atoms with E-state index in [1.54, 1.807) is 19.2 Å². The van der Waals surface area contributed by atoms with Crippen molar-refractivity contribution in [1.82, 2.24) is 4.31 Å². The van der Waals surface area contributed by atoms with E-state index in [0.29, 0.717) is 4.90 Å². The number of rotatable bonds is 5. The maximum atomic E-state index is 12.3. The second kappa shape index (κ2) is 5.28. The summed E-state index contributed by atoms with van der Waals surface area (Å²) < 4.78 is 26.2. The summed E-state index contributed by atoms with van der Waals surface area (Å²) in [7, 11) is -1.65. The molecule has 18 heavy (non-hydrogen) atoms. The van der Waals surface area contributed by atoms with Gasteiger partial charge in [-0.05, 0) is 44.0 Å². The molecule has 5 heteroatoms. The molecule has 4 nitrogen and oxygen atoms in total. The number of benzene rings is 1. The average molecular weight is 268 g/mol. The molecule has 0 unspecified atom stereocenters. The van der Waals surface area contributed by atoms with E-state index in [2.05, 4.69) is 5.32 Å². The minimum absolute atomic E-state index is 0.184. The Bertz CT molecular complexity index is 492. The average Bonchev–Trinajstić information content (AvgIpc) is 2.28. The zero-order chi connectivity index (χ0) is 13.2. The number of nitrogens with zero attached hydrogens (tertiary/aromatic N) is 1. The Morgan fingerprint density at radius 3 is 2.33 bits per heavy atom. The van der Waals surface area contributed by atoms with E-state index in [4.69, 9.17) is 0 Å². The van der Waals surface area contributed by atoms with E-state index in [1.807, 2.05) is 19.1 Å². The molecule has 1 aliphatic rings. The Balaban J connectivity index is 2.18. The van der Waals surface area contributed by atoms with Gasteiger partial charge in [-0.3, -0.25) is 0 Å². The largest absolute Gasteiger partial charge is 0.385 e. The summed E-state index contributed by atoms with van der Waals surface area (Å²) >= 11 is 0. The van der Waals surface area contributed by atoms with Gasteiger partial charge in [-0.2, -0.15) is 4.31 Å². The first-order chi connectivity index (χ1) is 8.55. The van der Waals surface area contributed by atoms with Crippen LogP contribution in [0.5, 0.6) is 0 Å². The van der Waals surface area contributed by atoms with Gasteiger partial charge < -0.3 is 5.32 Å². The molecule has 1 N–H and O–H groups in total. The first-order valence-electron chi connectivity index (χ1n) is 6.37. The lowest BCUT2D eigenvalue weighted by molar-refractivity contribution is 0.249. The Morgan fingerprint density at radius 1 is 1.28 bits per heavy atom. The molecule has 2 rings (SSSR count). The molecular formula is C13H20N2O2S. The molecule has 1 fully saturated rings. The fourth-order valence-corrected chi connectivity index (χ4v) is 3.48. The quantitative estimate of drug-likeness (QED) is 0.891. The van der Waals surface area contributed by atoms with Crippen LogP contribution in [-0.2, 0) is 10.0 Å². The van der Waals surface area contributed by atoms with E-state index in [-0.39, 0.29) is 6.04 Å². The zero-order valence-corrected chi connectivity index (χ0v) is 11.7. The van der Waals surface area contributed by atoms with Crippen molar-refractivity contribution < 1.29 is 8.42 Å². The topological polar surface area (TPSA) is 49.4 Å². The number of hydrogen-bond donors (Lipinski definition) is 1. The second-order valence-electron chi connectivity index (χ2n) is 4.66. The Labute approximate surface area is 109 Å². The monoisotopic (exact) mass is 268 g/mol. The van der Waals surface area contributed by atoms with Gasteiger partial charge in [-0.15, -0.1) is 0 Å². The fraction of sp³-hybridized carbons (Fsp3) is 0.538. The molecule has 0 aromatic heterocycles. The lowest BCUT2D eigenvalue weighted by atomic mass is 9.94. The van der Waals surface area contributed by atoms with E-state index < -0.39 is 10.0 Å². The van der Waals surface area contributed by atoms with Crippen LogP contribution in [0.15, 0.2) is 29.2 Å². The highest BCUT2D eigenvalue weighted by atomic mass is 32.2. The Kier molecular flexibility index (Phi) is 3.92. The first-order valence-corrected chi connectivity index (χ1v) is 7.81. The van der Waals surface area contributed by atoms with E-state index in [0.717, 1.165) is 31.5 Å². The standard InChI is InChI=1S/C13H20N2O2S/c1-3-14-11-7-9-13(10-8-11)18(16,17)15(2)12-5-4-6-12/h7-10,12,14H,3-6H2,1-2H3. The SMILES string of the molecule is CCNc1ccc(S(=O)(=O)N(C)C2CCC2)cc1. The first kappa shape index (κ1) is 13.4. The summed E-state index contributed by atoms with van der Waals surface area (Å²) in [4.78, 5) is 0.374. The van der Waals surface area contributed by atoms with Crippen LogP contribution in [0.25, 0.3) is 0 Å². The molecule has 0 radical (unpaired) electrons. The molecule has 1 aromatic carbocycles. The van der Waals surface area contributed by atoms with Crippen LogP contribution in [-0.4, -0.2) is 32.4 Å². The maximum absolute atomic E-state index is 12.3. The van der Waals surface area contributed by atoms with Gasteiger partial charge in [0.1, 0.15) is 0 Å². The third-order valence-corrected chi connectivity index (χ3v) is 5.43. The molecule has 0 heterocycles. The molecule has 0 spiro atoms. The van der Waals surface area contributed by atoms with Crippen molar-refractivity contribution in [1.29, 1.82) is 0 Å². The molecule has 1 aromatic rings. The van der Waals surface area contributed by atoms with Gasteiger partial charge in [-0.25, -0.2) is 8.42 Å². The van der Waals surface area contributed by atoms with Crippen molar-refractivity contribution in [3.05, 3.63) is 24.3 Å². The van der Waals surface area contributed by atoms with Crippen LogP contribution in [0.1, 0.15) is 26.2 Å². The molecule has 100 valence electrons. The van der Waals surface area contributed by atoms with Gasteiger partial charge in [0, 0.05) is 25.3 Å². The normalized spacial score (nSPS) is 16.6. The van der Waals surface area contributed by atoms with Crippen LogP contribution in [0.3, 0.4) is 0 Å². The van der Waals surface area contributed by atoms with Crippen molar-refractivity contribution >= 4 is 15.7 Å². The third-order valence-electron chi connectivity index (χ3n) is 3.50. The van der Waals surface area contributed by atoms with Gasteiger partial charge in [0.25, 0.3) is 0 Å². The van der Waals surface area contributed by atoms with Crippen LogP contribution in [0, 0.1) is 0 Å². The number of nitrogens with one attached hydrogen (secondary N) is 1. The van der Waals surface area contributed by atoms with E-state index in [9.17, 15) is 8.42 Å². The van der Waals surface area contributed by atoms with Crippen molar-refractivity contribution in [2.75, 3.05) is 18.9 Å². The minimum Gasteiger partial charge on any atom is -0.385 e. The summed E-state index contributed by atoms with van der Waals surface area (Å²) in [5, 5.41) is 3.15. The van der Waals surface area contributed by atoms with Crippen LogP contribution < -0.4 is 5.32 Å². The summed E-state index contributed by atoms with van der Waals surface area (Å²) in [5.41, 5.74) is 0.947. The summed E-state index contributed by atoms with van der Waals surface area (Å²) in [6.45, 7) is 2.84. The lowest BCUT2D eigenvalue weighted by Gasteiger charge is -2.33. The van der Waals surface area contributed by atoms with Crippen molar-refractivity contribution in [3.8, 4) is 0 Å². The molecule has 0 atom stereocenters. The summed E-state index contributed by atoms with van der Waals surface area (Å²) in [5.74, 6) is 0. The van der Waals surface area contributed by atoms with Crippen LogP contribution in [0.2, 0.25) is 0 Å². The highest BCUT2D eigenvalue weighted by molar-refractivity contribution is 7.89. The van der Waals surface area contributed by atoms with Gasteiger partial charge in [0.15, 0.2) is 0 Å². The number of sulfonamides is 1. The van der Waals surface area contributed by atoms with E-state index >= 15 is 0 Å². The van der Waals surface area contributed by atoms with Gasteiger partial charge >= 0.3 is 0 Å². The highest BCUT2D eigenvalue weighted by Gasteiger charge is 2.31. The minimum atomic E-state index is -3.33. The maximum Gasteiger partial charge on any atom is 0.243 e. The molecule has 0 saturated heterocycles. The van der Waals surface area contributed by atoms with Gasteiger partial charge in [0.2, 0.25) is 10.0 Å². The van der Waals surface area contributed by atoms with Crippen molar-refractivity contribution in [2.24, 2.45) is 0 Å². The number of anilines is 1. The smallest absolute Gasteiger partial charge is 0.243 e. The Morgan fingerprint density at radius 2 is 1.89 bits per heavy atom. The summed E-state index contributed by atoms with van der Waals surface area (Å²) in [6, 6.07) is 7.14. The highest BCUT2D eigenvalue weighted by Crippen LogP contribution is 2.28. The third kappa shape index (κ3) is 2.52. The summed E-state index contributed by atoms with van der Waals surface area (Å²) in [6.07, 6.45) is 3.08.